The summed E-state index contributed by atoms with van der Waals surface area (Å²) < 4.78 is 13.1. The van der Waals surface area contributed by atoms with Crippen molar-refractivity contribution < 1.29 is 55.1 Å². The Balaban J connectivity index is 2.15. The minimum absolute atomic E-state index is 0.679. The van der Waals surface area contributed by atoms with Crippen LogP contribution in [0.1, 0.15) is 0 Å². The highest BCUT2D eigenvalue weighted by atomic mass is 79.9. The Kier molecular flexibility index (Phi) is 6.56. The van der Waals surface area contributed by atoms with Crippen LogP contribution in [0.15, 0.2) is 0 Å². The Hall–Kier alpha value is 0.0400. The number of hydrogen-bond donors (Lipinski definition) is 8. The third kappa shape index (κ3) is 3.75. The highest BCUT2D eigenvalue weighted by molar-refractivity contribution is 9.10. The van der Waals surface area contributed by atoms with Gasteiger partial charge in [-0.25, -0.2) is 0 Å². The molecule has 2 saturated heterocycles. The molecule has 0 radical (unpaired) electrons. The van der Waals surface area contributed by atoms with Gasteiger partial charge in [-0.1, -0.05) is 0 Å². The number of halogens is 1. The van der Waals surface area contributed by atoms with Crippen LogP contribution in [0, 0.1) is 0 Å². The van der Waals surface area contributed by atoms with Gasteiger partial charge in [0.25, 0.3) is 4.70 Å². The topological polar surface area (TPSA) is 190 Å². The molecule has 2 heterocycles. The van der Waals surface area contributed by atoms with E-state index in [1.165, 1.54) is 0 Å². The SMILES string of the molecule is OC[C@H]1O[C@@H](O[C@H]2[C@H](O)[C@@H](O)C(O)(Br)O[C@@H]2CO)[C@H](O)[C@@H](O)[C@H]1O. The molecule has 12 heteroatoms. The molecule has 24 heavy (non-hydrogen) atoms. The summed E-state index contributed by atoms with van der Waals surface area (Å²) in [5.41, 5.74) is 0. The molecular weight excluding hydrogens is 400 g/mol. The molecule has 11 nitrogen and oxygen atoms in total. The first-order chi connectivity index (χ1) is 11.1. The summed E-state index contributed by atoms with van der Waals surface area (Å²) in [4.78, 5) is 0. The van der Waals surface area contributed by atoms with Crippen molar-refractivity contribution in [2.24, 2.45) is 0 Å². The Labute approximate surface area is 144 Å². The summed E-state index contributed by atoms with van der Waals surface area (Å²) in [6.07, 6.45) is -14.3. The minimum Gasteiger partial charge on any atom is -0.394 e. The standard InChI is InChI=1S/C12H21BrO11/c13-12(21)10(20)8(19)9(4(2-15)24-12)23-11-7(18)6(17)5(16)3(1-14)22-11/h3-11,14-21H,1-2H2/t3-,4-,5+,6+,7-,8+,9-,10-,11+,12?/m1/s1. The third-order valence-corrected chi connectivity index (χ3v) is 4.68. The van der Waals surface area contributed by atoms with Crippen LogP contribution in [0.3, 0.4) is 0 Å². The van der Waals surface area contributed by atoms with Gasteiger partial charge in [-0.05, 0) is 15.9 Å². The summed E-state index contributed by atoms with van der Waals surface area (Å²) in [6, 6.07) is 0. The van der Waals surface area contributed by atoms with Gasteiger partial charge in [0.15, 0.2) is 6.29 Å². The Bertz CT molecular complexity index is 420. The summed E-state index contributed by atoms with van der Waals surface area (Å²) in [5.74, 6) is 0. The molecule has 2 fully saturated rings. The largest absolute Gasteiger partial charge is 0.394 e. The average molecular weight is 421 g/mol. The van der Waals surface area contributed by atoms with E-state index < -0.39 is 73.0 Å². The average Bonchev–Trinajstić information content (AvgIpc) is 2.55. The first-order valence-electron chi connectivity index (χ1n) is 7.16. The monoisotopic (exact) mass is 420 g/mol. The van der Waals surface area contributed by atoms with Gasteiger partial charge in [-0.2, -0.15) is 0 Å². The smallest absolute Gasteiger partial charge is 0.254 e. The zero-order valence-electron chi connectivity index (χ0n) is 12.3. The van der Waals surface area contributed by atoms with Crippen molar-refractivity contribution in [3.05, 3.63) is 0 Å². The summed E-state index contributed by atoms with van der Waals surface area (Å²) >= 11 is 2.65. The van der Waals surface area contributed by atoms with Crippen molar-refractivity contribution in [3.63, 3.8) is 0 Å². The molecule has 0 saturated carbocycles. The molecule has 0 aromatic carbocycles. The fraction of sp³-hybridized carbons (Fsp3) is 1.00. The zero-order chi connectivity index (χ0) is 18.2. The molecule has 2 aliphatic heterocycles. The van der Waals surface area contributed by atoms with Crippen LogP contribution >= 0.6 is 15.9 Å². The lowest BCUT2D eigenvalue weighted by Crippen LogP contribution is -2.66. The van der Waals surface area contributed by atoms with E-state index in [4.69, 9.17) is 19.3 Å². The molecule has 8 N–H and O–H groups in total. The summed E-state index contributed by atoms with van der Waals surface area (Å²) in [6.45, 7) is -1.40. The van der Waals surface area contributed by atoms with E-state index in [2.05, 4.69) is 15.9 Å². The van der Waals surface area contributed by atoms with E-state index in [0.717, 1.165) is 0 Å². The second-order valence-corrected chi connectivity index (χ2v) is 6.82. The fourth-order valence-electron chi connectivity index (χ4n) is 2.60. The first-order valence-corrected chi connectivity index (χ1v) is 7.95. The molecule has 0 aliphatic carbocycles. The molecule has 1 unspecified atom stereocenters. The minimum atomic E-state index is -2.32. The number of hydrogen-bond acceptors (Lipinski definition) is 11. The highest BCUT2D eigenvalue weighted by Gasteiger charge is 2.54. The maximum atomic E-state index is 10.1. The lowest BCUT2D eigenvalue weighted by atomic mass is 9.97. The molecule has 10 atom stereocenters. The number of alkyl halides is 1. The lowest BCUT2D eigenvalue weighted by molar-refractivity contribution is -0.360. The molecule has 0 aromatic heterocycles. The van der Waals surface area contributed by atoms with Crippen LogP contribution in [0.25, 0.3) is 0 Å². The van der Waals surface area contributed by atoms with E-state index in [1.54, 1.807) is 0 Å². The van der Waals surface area contributed by atoms with Crippen LogP contribution in [0.2, 0.25) is 0 Å². The van der Waals surface area contributed by atoms with E-state index in [0.29, 0.717) is 0 Å². The van der Waals surface area contributed by atoms with Crippen molar-refractivity contribution in [2.75, 3.05) is 13.2 Å². The number of aliphatic hydroxyl groups excluding tert-OH is 7. The van der Waals surface area contributed by atoms with Crippen LogP contribution in [0.5, 0.6) is 0 Å². The highest BCUT2D eigenvalue weighted by Crippen LogP contribution is 2.35. The maximum absolute atomic E-state index is 10.1. The van der Waals surface area contributed by atoms with Crippen molar-refractivity contribution in [2.45, 2.75) is 59.8 Å². The van der Waals surface area contributed by atoms with E-state index >= 15 is 0 Å². The van der Waals surface area contributed by atoms with Gasteiger partial charge in [-0.3, -0.25) is 0 Å². The van der Waals surface area contributed by atoms with Crippen molar-refractivity contribution >= 4 is 15.9 Å². The Morgan fingerprint density at radius 3 is 2.00 bits per heavy atom. The van der Waals surface area contributed by atoms with Crippen molar-refractivity contribution in [3.8, 4) is 0 Å². The van der Waals surface area contributed by atoms with Crippen LogP contribution in [-0.4, -0.2) is 114 Å². The van der Waals surface area contributed by atoms with Gasteiger partial charge in [-0.15, -0.1) is 0 Å². The van der Waals surface area contributed by atoms with E-state index in [9.17, 15) is 35.7 Å². The molecule has 2 aliphatic rings. The predicted octanol–water partition coefficient (Wildman–Crippen LogP) is -4.67. The summed E-state index contributed by atoms with van der Waals surface area (Å²) in [7, 11) is 0. The number of ether oxygens (including phenoxy) is 3. The second kappa shape index (κ2) is 7.73. The number of rotatable bonds is 4. The molecule has 0 aromatic rings. The predicted molar refractivity (Wildman–Crippen MR) is 76.5 cm³/mol. The van der Waals surface area contributed by atoms with E-state index in [1.807, 2.05) is 0 Å². The van der Waals surface area contributed by atoms with Crippen molar-refractivity contribution in [1.29, 1.82) is 0 Å². The van der Waals surface area contributed by atoms with Gasteiger partial charge in [0, 0.05) is 0 Å². The molecule has 0 amide bonds. The van der Waals surface area contributed by atoms with Crippen LogP contribution in [0.4, 0.5) is 0 Å². The third-order valence-electron chi connectivity index (χ3n) is 4.03. The quantitative estimate of drug-likeness (QED) is 0.204. The number of aliphatic hydroxyl groups is 8. The van der Waals surface area contributed by atoms with Crippen LogP contribution in [-0.2, 0) is 14.2 Å². The zero-order valence-corrected chi connectivity index (χ0v) is 13.9. The first kappa shape index (κ1) is 20.4. The molecule has 0 spiro atoms. The van der Waals surface area contributed by atoms with Gasteiger partial charge in [0.05, 0.1) is 13.2 Å². The Morgan fingerprint density at radius 1 is 0.875 bits per heavy atom. The molecule has 0 bridgehead atoms. The van der Waals surface area contributed by atoms with Gasteiger partial charge < -0.3 is 55.1 Å². The van der Waals surface area contributed by atoms with Gasteiger partial charge in [0.2, 0.25) is 0 Å². The van der Waals surface area contributed by atoms with E-state index in [-0.39, 0.29) is 0 Å². The van der Waals surface area contributed by atoms with Gasteiger partial charge >= 0.3 is 0 Å². The molecule has 2 rings (SSSR count). The van der Waals surface area contributed by atoms with Crippen LogP contribution < -0.4 is 0 Å². The normalized spacial score (nSPS) is 53.1. The second-order valence-electron chi connectivity index (χ2n) is 5.68. The lowest BCUT2D eigenvalue weighted by Gasteiger charge is -2.47. The Morgan fingerprint density at radius 2 is 1.46 bits per heavy atom. The molecule has 142 valence electrons. The van der Waals surface area contributed by atoms with Crippen molar-refractivity contribution in [1.82, 2.24) is 0 Å². The summed E-state index contributed by atoms with van der Waals surface area (Å²) in [5, 5.41) is 77.4. The van der Waals surface area contributed by atoms with Gasteiger partial charge in [0.1, 0.15) is 48.8 Å². The maximum Gasteiger partial charge on any atom is 0.254 e. The fourth-order valence-corrected chi connectivity index (χ4v) is 3.11. The molecular formula is C12H21BrO11.